The van der Waals surface area contributed by atoms with E-state index in [-0.39, 0.29) is 12.5 Å². The highest BCUT2D eigenvalue weighted by molar-refractivity contribution is 7.93. The Balaban J connectivity index is 1.71. The lowest BCUT2D eigenvalue weighted by Crippen LogP contribution is -2.52. The van der Waals surface area contributed by atoms with Crippen molar-refractivity contribution in [3.63, 3.8) is 0 Å². The molecule has 0 aliphatic carbocycles. The van der Waals surface area contributed by atoms with E-state index in [0.29, 0.717) is 29.4 Å². The molecule has 0 unspecified atom stereocenters. The molecule has 0 bridgehead atoms. The van der Waals surface area contributed by atoms with Gasteiger partial charge in [-0.25, -0.2) is 8.42 Å². The number of amides is 1. The van der Waals surface area contributed by atoms with Gasteiger partial charge in [0.2, 0.25) is 0 Å². The number of fused-ring (bicyclic) bond motifs is 1. The average molecular weight is 421 g/mol. The zero-order chi connectivity index (χ0) is 19.9. The van der Waals surface area contributed by atoms with Crippen molar-refractivity contribution in [3.8, 4) is 5.75 Å². The summed E-state index contributed by atoms with van der Waals surface area (Å²) in [5, 5.41) is 0. The molecule has 1 saturated heterocycles. The first-order valence-corrected chi connectivity index (χ1v) is 11.8. The molecule has 1 fully saturated rings. The minimum Gasteiger partial charge on any atom is -0.476 e. The first-order valence-electron chi connectivity index (χ1n) is 9.52. The zero-order valence-corrected chi connectivity index (χ0v) is 17.7. The minimum atomic E-state index is -3.79. The molecule has 1 aromatic heterocycles. The lowest BCUT2D eigenvalue weighted by atomic mass is 10.1. The number of hydrogen-bond acceptors (Lipinski definition) is 5. The van der Waals surface area contributed by atoms with Crippen LogP contribution in [0.25, 0.3) is 0 Å². The number of likely N-dealkylation sites (tertiary alicyclic amines) is 1. The number of carbonyl (C=O) groups excluding carboxylic acids is 1. The van der Waals surface area contributed by atoms with E-state index in [1.54, 1.807) is 35.2 Å². The van der Waals surface area contributed by atoms with Crippen LogP contribution >= 0.6 is 11.3 Å². The van der Waals surface area contributed by atoms with Crippen molar-refractivity contribution in [2.75, 3.05) is 23.9 Å². The predicted molar refractivity (Wildman–Crippen MR) is 110 cm³/mol. The molecule has 0 N–H and O–H groups in total. The Kier molecular flexibility index (Phi) is 5.09. The molecule has 1 amide bonds. The molecule has 1 atom stereocenters. The van der Waals surface area contributed by atoms with Crippen LogP contribution in [0.5, 0.6) is 5.75 Å². The average Bonchev–Trinajstić information content (AvgIpc) is 3.06. The second-order valence-corrected chi connectivity index (χ2v) is 10.6. The first kappa shape index (κ1) is 19.3. The van der Waals surface area contributed by atoms with Crippen molar-refractivity contribution < 1.29 is 17.9 Å². The molecule has 0 saturated carbocycles. The number of rotatable bonds is 3. The second-order valence-electron chi connectivity index (χ2n) is 7.27. The third-order valence-electron chi connectivity index (χ3n) is 5.24. The number of piperidine rings is 1. The van der Waals surface area contributed by atoms with Crippen molar-refractivity contribution in [2.24, 2.45) is 0 Å². The molecule has 6 nitrogen and oxygen atoms in total. The van der Waals surface area contributed by atoms with Gasteiger partial charge in [-0.2, -0.15) is 0 Å². The van der Waals surface area contributed by atoms with E-state index in [4.69, 9.17) is 4.74 Å². The minimum absolute atomic E-state index is 0.0109. The summed E-state index contributed by atoms with van der Waals surface area (Å²) in [6.45, 7) is 5.11. The highest BCUT2D eigenvalue weighted by Gasteiger charge is 2.39. The molecule has 28 heavy (non-hydrogen) atoms. The van der Waals surface area contributed by atoms with Gasteiger partial charge in [-0.1, -0.05) is 12.1 Å². The SMILES string of the molecule is Cc1cc(S(=O)(=O)N2C[C@H](C(=O)N3CCCCC3)Oc3ccccc32)c(C)s1. The van der Waals surface area contributed by atoms with E-state index in [0.717, 1.165) is 29.0 Å². The number of hydrogen-bond donors (Lipinski definition) is 0. The highest BCUT2D eigenvalue weighted by atomic mass is 32.2. The van der Waals surface area contributed by atoms with Gasteiger partial charge in [0, 0.05) is 22.8 Å². The van der Waals surface area contributed by atoms with Crippen LogP contribution in [-0.4, -0.2) is 45.0 Å². The number of anilines is 1. The van der Waals surface area contributed by atoms with Gasteiger partial charge in [-0.05, 0) is 51.3 Å². The van der Waals surface area contributed by atoms with Gasteiger partial charge in [0.1, 0.15) is 10.6 Å². The molecule has 2 aliphatic heterocycles. The standard InChI is InChI=1S/C20H24N2O4S2/c1-14-12-19(15(2)27-14)28(24,25)22-13-18(20(23)21-10-6-3-7-11-21)26-17-9-5-4-8-16(17)22/h4-5,8-9,12,18H,3,6-7,10-11,13H2,1-2H3/t18-/m1/s1. The van der Waals surface area contributed by atoms with Crippen LogP contribution in [-0.2, 0) is 14.8 Å². The van der Waals surface area contributed by atoms with Crippen LogP contribution in [0.1, 0.15) is 29.0 Å². The number of nitrogens with zero attached hydrogens (tertiary/aromatic N) is 2. The van der Waals surface area contributed by atoms with Crippen molar-refractivity contribution in [2.45, 2.75) is 44.1 Å². The Morgan fingerprint density at radius 1 is 1.14 bits per heavy atom. The maximum atomic E-state index is 13.5. The lowest BCUT2D eigenvalue weighted by Gasteiger charge is -2.37. The summed E-state index contributed by atoms with van der Waals surface area (Å²) < 4.78 is 34.3. The molecule has 0 spiro atoms. The van der Waals surface area contributed by atoms with Crippen molar-refractivity contribution in [1.29, 1.82) is 0 Å². The molecule has 4 rings (SSSR count). The number of benzene rings is 1. The largest absolute Gasteiger partial charge is 0.476 e. The Hall–Kier alpha value is -2.06. The molecular formula is C20H24N2O4S2. The van der Waals surface area contributed by atoms with E-state index >= 15 is 0 Å². The monoisotopic (exact) mass is 420 g/mol. The van der Waals surface area contributed by atoms with Gasteiger partial charge < -0.3 is 9.64 Å². The van der Waals surface area contributed by atoms with Crippen molar-refractivity contribution in [3.05, 3.63) is 40.1 Å². The third kappa shape index (κ3) is 3.39. The molecule has 150 valence electrons. The number of para-hydroxylation sites is 2. The van der Waals surface area contributed by atoms with Gasteiger partial charge in [0.25, 0.3) is 15.9 Å². The Morgan fingerprint density at radius 2 is 1.86 bits per heavy atom. The van der Waals surface area contributed by atoms with Gasteiger partial charge in [-0.3, -0.25) is 9.10 Å². The summed E-state index contributed by atoms with van der Waals surface area (Å²) in [6, 6.07) is 8.72. The summed E-state index contributed by atoms with van der Waals surface area (Å²) in [7, 11) is -3.79. The summed E-state index contributed by atoms with van der Waals surface area (Å²) in [6.07, 6.45) is 2.24. The zero-order valence-electron chi connectivity index (χ0n) is 16.1. The quantitative estimate of drug-likeness (QED) is 0.764. The van der Waals surface area contributed by atoms with Crippen molar-refractivity contribution in [1.82, 2.24) is 4.90 Å². The molecule has 0 radical (unpaired) electrons. The maximum absolute atomic E-state index is 13.5. The summed E-state index contributed by atoms with van der Waals surface area (Å²) in [5.41, 5.74) is 0.480. The molecule has 3 heterocycles. The summed E-state index contributed by atoms with van der Waals surface area (Å²) in [4.78, 5) is 16.8. The second kappa shape index (κ2) is 7.40. The van der Waals surface area contributed by atoms with Crippen LogP contribution in [0.2, 0.25) is 0 Å². The van der Waals surface area contributed by atoms with Gasteiger partial charge in [-0.15, -0.1) is 11.3 Å². The molecule has 1 aromatic carbocycles. The van der Waals surface area contributed by atoms with E-state index in [1.165, 1.54) is 15.6 Å². The highest BCUT2D eigenvalue weighted by Crippen LogP contribution is 2.39. The number of carbonyl (C=O) groups is 1. The fourth-order valence-electron chi connectivity index (χ4n) is 3.86. The normalized spacial score (nSPS) is 19.9. The van der Waals surface area contributed by atoms with Crippen LogP contribution in [0, 0.1) is 13.8 Å². The first-order chi connectivity index (χ1) is 13.4. The molecule has 2 aliphatic rings. The molecular weight excluding hydrogens is 396 g/mol. The van der Waals surface area contributed by atoms with Crippen molar-refractivity contribution >= 4 is 33.0 Å². The number of sulfonamides is 1. The Bertz CT molecular complexity index is 993. The van der Waals surface area contributed by atoms with E-state index < -0.39 is 16.1 Å². The summed E-state index contributed by atoms with van der Waals surface area (Å²) in [5.74, 6) is 0.296. The van der Waals surface area contributed by atoms with Gasteiger partial charge in [0.05, 0.1) is 12.2 Å². The van der Waals surface area contributed by atoms with E-state index in [1.807, 2.05) is 13.8 Å². The van der Waals surface area contributed by atoms with Crippen LogP contribution in [0.3, 0.4) is 0 Å². The van der Waals surface area contributed by atoms with E-state index in [9.17, 15) is 13.2 Å². The molecule has 8 heteroatoms. The smallest absolute Gasteiger partial charge is 0.265 e. The Labute approximate surface area is 169 Å². The van der Waals surface area contributed by atoms with Crippen LogP contribution in [0.4, 0.5) is 5.69 Å². The Morgan fingerprint density at radius 3 is 2.54 bits per heavy atom. The number of aryl methyl sites for hydroxylation is 2. The fraction of sp³-hybridized carbons (Fsp3) is 0.450. The maximum Gasteiger partial charge on any atom is 0.265 e. The van der Waals surface area contributed by atoms with Crippen LogP contribution in [0.15, 0.2) is 35.2 Å². The fourth-order valence-corrected chi connectivity index (χ4v) is 6.86. The molecule has 2 aromatic rings. The van der Waals surface area contributed by atoms with Crippen LogP contribution < -0.4 is 9.04 Å². The number of thiophene rings is 1. The summed E-state index contributed by atoms with van der Waals surface area (Å²) >= 11 is 1.46. The topological polar surface area (TPSA) is 66.9 Å². The van der Waals surface area contributed by atoms with Gasteiger partial charge >= 0.3 is 0 Å². The lowest BCUT2D eigenvalue weighted by molar-refractivity contribution is -0.139. The van der Waals surface area contributed by atoms with E-state index in [2.05, 4.69) is 0 Å². The van der Waals surface area contributed by atoms with Gasteiger partial charge in [0.15, 0.2) is 6.10 Å². The predicted octanol–water partition coefficient (Wildman–Crippen LogP) is 3.33. The third-order valence-corrected chi connectivity index (χ3v) is 8.24. The number of ether oxygens (including phenoxy) is 1.